The van der Waals surface area contributed by atoms with Crippen LogP contribution >= 0.6 is 0 Å². The van der Waals surface area contributed by atoms with Crippen LogP contribution in [0.15, 0.2) is 95.3 Å². The van der Waals surface area contributed by atoms with Gasteiger partial charge < -0.3 is 0 Å². The molecule has 0 amide bonds. The second kappa shape index (κ2) is 5.88. The number of hydrogen-bond acceptors (Lipinski definition) is 4. The lowest BCUT2D eigenvalue weighted by molar-refractivity contribution is 0.620. The molecule has 0 bridgehead atoms. The third-order valence-corrected chi connectivity index (χ3v) is 5.21. The SMILES string of the molecule is C1=CC(c2ccccc2)(c2ccccc2)CC2=C1C(n1cnnn1)=NC2. The zero-order valence-electron chi connectivity index (χ0n) is 14.2. The first kappa shape index (κ1) is 15.0. The molecule has 126 valence electrons. The Bertz CT molecular complexity index is 975. The predicted molar refractivity (Wildman–Crippen MR) is 100.0 cm³/mol. The maximum Gasteiger partial charge on any atom is 0.160 e. The molecular weight excluding hydrogens is 322 g/mol. The zero-order valence-corrected chi connectivity index (χ0v) is 14.2. The summed E-state index contributed by atoms with van der Waals surface area (Å²) >= 11 is 0. The van der Waals surface area contributed by atoms with Crippen molar-refractivity contribution in [3.8, 4) is 0 Å². The van der Waals surface area contributed by atoms with E-state index in [0.29, 0.717) is 6.54 Å². The number of aromatic nitrogens is 4. The third-order valence-electron chi connectivity index (χ3n) is 5.21. The Labute approximate surface area is 151 Å². The fourth-order valence-corrected chi connectivity index (χ4v) is 3.95. The summed E-state index contributed by atoms with van der Waals surface area (Å²) in [5.74, 6) is 0.830. The van der Waals surface area contributed by atoms with Gasteiger partial charge in [0.1, 0.15) is 6.33 Å². The number of aliphatic imine (C=N–C) groups is 1. The highest BCUT2D eigenvalue weighted by Gasteiger charge is 2.37. The van der Waals surface area contributed by atoms with E-state index in [1.807, 2.05) is 0 Å². The fourth-order valence-electron chi connectivity index (χ4n) is 3.95. The number of allylic oxidation sites excluding steroid dienone is 3. The van der Waals surface area contributed by atoms with Crippen molar-refractivity contribution in [3.05, 3.63) is 101 Å². The molecule has 3 aromatic rings. The van der Waals surface area contributed by atoms with E-state index in [9.17, 15) is 0 Å². The average Bonchev–Trinajstić information content (AvgIpc) is 3.38. The van der Waals surface area contributed by atoms with Crippen LogP contribution in [0.5, 0.6) is 0 Å². The first-order valence-electron chi connectivity index (χ1n) is 8.67. The Kier molecular flexibility index (Phi) is 3.38. The number of nitrogens with zero attached hydrogens (tertiary/aromatic N) is 5. The summed E-state index contributed by atoms with van der Waals surface area (Å²) < 4.78 is 1.64. The Hall–Kier alpha value is -3.34. The Morgan fingerprint density at radius 3 is 2.19 bits per heavy atom. The lowest BCUT2D eigenvalue weighted by Gasteiger charge is -2.35. The largest absolute Gasteiger partial charge is 0.262 e. The van der Waals surface area contributed by atoms with Gasteiger partial charge in [0.2, 0.25) is 0 Å². The summed E-state index contributed by atoms with van der Waals surface area (Å²) in [7, 11) is 0. The average molecular weight is 339 g/mol. The number of rotatable bonds is 2. The van der Waals surface area contributed by atoms with E-state index in [0.717, 1.165) is 17.8 Å². The smallest absolute Gasteiger partial charge is 0.160 e. The summed E-state index contributed by atoms with van der Waals surface area (Å²) in [4.78, 5) is 4.69. The molecule has 1 aliphatic carbocycles. The van der Waals surface area contributed by atoms with Crippen LogP contribution < -0.4 is 0 Å². The summed E-state index contributed by atoms with van der Waals surface area (Å²) in [5, 5.41) is 11.5. The van der Waals surface area contributed by atoms with Gasteiger partial charge in [-0.25, -0.2) is 0 Å². The topological polar surface area (TPSA) is 56.0 Å². The molecule has 0 spiro atoms. The van der Waals surface area contributed by atoms with Gasteiger partial charge in [0.05, 0.1) is 6.54 Å². The molecular formula is C21H17N5. The van der Waals surface area contributed by atoms with Gasteiger partial charge in [0.25, 0.3) is 0 Å². The van der Waals surface area contributed by atoms with Gasteiger partial charge in [-0.05, 0) is 33.5 Å². The van der Waals surface area contributed by atoms with Gasteiger partial charge in [-0.2, -0.15) is 4.68 Å². The van der Waals surface area contributed by atoms with Crippen LogP contribution in [0.2, 0.25) is 0 Å². The first-order valence-corrected chi connectivity index (χ1v) is 8.67. The van der Waals surface area contributed by atoms with Crippen molar-refractivity contribution in [2.45, 2.75) is 11.8 Å². The molecule has 0 saturated carbocycles. The molecule has 1 aliphatic heterocycles. The molecule has 0 N–H and O–H groups in total. The van der Waals surface area contributed by atoms with Gasteiger partial charge in [-0.3, -0.25) is 4.99 Å². The van der Waals surface area contributed by atoms with Crippen molar-refractivity contribution in [1.82, 2.24) is 20.2 Å². The normalized spacial score (nSPS) is 17.9. The molecule has 5 rings (SSSR count). The van der Waals surface area contributed by atoms with Crippen LogP contribution in [-0.2, 0) is 5.41 Å². The van der Waals surface area contributed by atoms with E-state index in [-0.39, 0.29) is 5.41 Å². The van der Waals surface area contributed by atoms with Gasteiger partial charge in [-0.1, -0.05) is 72.8 Å². The molecule has 0 saturated heterocycles. The van der Waals surface area contributed by atoms with E-state index < -0.39 is 0 Å². The quantitative estimate of drug-likeness (QED) is 0.720. The van der Waals surface area contributed by atoms with Crippen molar-refractivity contribution in [2.75, 3.05) is 6.54 Å². The van der Waals surface area contributed by atoms with E-state index in [1.54, 1.807) is 11.0 Å². The highest BCUT2D eigenvalue weighted by atomic mass is 15.5. The zero-order chi connectivity index (χ0) is 17.4. The molecule has 2 heterocycles. The van der Waals surface area contributed by atoms with E-state index in [1.165, 1.54) is 16.7 Å². The Balaban J connectivity index is 1.61. The molecule has 0 unspecified atom stereocenters. The van der Waals surface area contributed by atoms with Crippen LogP contribution in [0.4, 0.5) is 0 Å². The van der Waals surface area contributed by atoms with Crippen LogP contribution in [0.25, 0.3) is 0 Å². The van der Waals surface area contributed by atoms with Crippen LogP contribution in [0.3, 0.4) is 0 Å². The minimum absolute atomic E-state index is 0.174. The van der Waals surface area contributed by atoms with E-state index >= 15 is 0 Å². The first-order chi connectivity index (χ1) is 12.9. The summed E-state index contributed by atoms with van der Waals surface area (Å²) in [5.41, 5.74) is 4.88. The van der Waals surface area contributed by atoms with Gasteiger partial charge in [-0.15, -0.1) is 5.10 Å². The summed E-state index contributed by atoms with van der Waals surface area (Å²) in [6, 6.07) is 21.4. The van der Waals surface area contributed by atoms with E-state index in [4.69, 9.17) is 0 Å². The lowest BCUT2D eigenvalue weighted by atomic mass is 9.67. The molecule has 0 radical (unpaired) electrons. The lowest BCUT2D eigenvalue weighted by Crippen LogP contribution is -2.29. The highest BCUT2D eigenvalue weighted by Crippen LogP contribution is 2.44. The molecule has 0 fully saturated rings. The minimum Gasteiger partial charge on any atom is -0.262 e. The van der Waals surface area contributed by atoms with E-state index in [2.05, 4.69) is 93.3 Å². The van der Waals surface area contributed by atoms with Crippen LogP contribution in [0.1, 0.15) is 17.5 Å². The second-order valence-electron chi connectivity index (χ2n) is 6.62. The van der Waals surface area contributed by atoms with Crippen molar-refractivity contribution >= 4 is 5.84 Å². The maximum absolute atomic E-state index is 4.69. The third kappa shape index (κ3) is 2.24. The molecule has 0 atom stereocenters. The molecule has 5 nitrogen and oxygen atoms in total. The molecule has 5 heteroatoms. The molecule has 26 heavy (non-hydrogen) atoms. The van der Waals surface area contributed by atoms with Gasteiger partial charge in [0.15, 0.2) is 5.84 Å². The maximum atomic E-state index is 4.69. The van der Waals surface area contributed by atoms with Crippen LogP contribution in [0, 0.1) is 0 Å². The summed E-state index contributed by atoms with van der Waals surface area (Å²) in [6.07, 6.45) is 6.99. The Morgan fingerprint density at radius 2 is 1.58 bits per heavy atom. The predicted octanol–water partition coefficient (Wildman–Crippen LogP) is 3.18. The fraction of sp³-hybridized carbons (Fsp3) is 0.143. The van der Waals surface area contributed by atoms with Crippen molar-refractivity contribution < 1.29 is 0 Å². The number of tetrazole rings is 1. The number of hydrogen-bond donors (Lipinski definition) is 0. The Morgan fingerprint density at radius 1 is 0.885 bits per heavy atom. The monoisotopic (exact) mass is 339 g/mol. The summed E-state index contributed by atoms with van der Waals surface area (Å²) in [6.45, 7) is 0.691. The van der Waals surface area contributed by atoms with Gasteiger partial charge in [0, 0.05) is 11.0 Å². The van der Waals surface area contributed by atoms with Crippen molar-refractivity contribution in [2.24, 2.45) is 4.99 Å². The standard InChI is InChI=1S/C21H17N5/c1-3-7-17(8-4-1)21(18-9-5-2-6-10-18)12-11-19-16(13-21)14-22-20(19)26-15-23-24-25-26/h1-12,15H,13-14H2. The second-order valence-corrected chi connectivity index (χ2v) is 6.62. The highest BCUT2D eigenvalue weighted by molar-refractivity contribution is 6.04. The molecule has 2 aliphatic rings. The van der Waals surface area contributed by atoms with Crippen LogP contribution in [-0.4, -0.2) is 32.6 Å². The molecule has 1 aromatic heterocycles. The van der Waals surface area contributed by atoms with Gasteiger partial charge >= 0.3 is 0 Å². The van der Waals surface area contributed by atoms with Crippen molar-refractivity contribution in [3.63, 3.8) is 0 Å². The minimum atomic E-state index is -0.174. The van der Waals surface area contributed by atoms with Crippen molar-refractivity contribution in [1.29, 1.82) is 0 Å². The number of benzene rings is 2. The molecule has 2 aromatic carbocycles.